The smallest absolute Gasteiger partial charge is 0.407 e. The highest BCUT2D eigenvalue weighted by Crippen LogP contribution is 2.26. The van der Waals surface area contributed by atoms with E-state index in [1.807, 2.05) is 23.6 Å². The van der Waals surface area contributed by atoms with Crippen LogP contribution in [-0.4, -0.2) is 23.6 Å². The molecule has 106 valence electrons. The van der Waals surface area contributed by atoms with Crippen LogP contribution in [0.1, 0.15) is 11.3 Å². The lowest BCUT2D eigenvalue weighted by Crippen LogP contribution is -2.24. The topological polar surface area (TPSA) is 51.2 Å². The quantitative estimate of drug-likeness (QED) is 0.859. The number of carbonyl (C=O) groups is 1. The number of nitrogens with one attached hydrogen (secondary N) is 1. The molecule has 1 amide bonds. The van der Waals surface area contributed by atoms with E-state index in [0.717, 1.165) is 16.3 Å². The van der Waals surface area contributed by atoms with Gasteiger partial charge in [-0.05, 0) is 12.5 Å². The molecular formula is C14H15ClN2O2S. The number of alkyl carbamates (subject to hydrolysis) is 1. The van der Waals surface area contributed by atoms with Gasteiger partial charge in [-0.25, -0.2) is 9.78 Å². The summed E-state index contributed by atoms with van der Waals surface area (Å²) < 4.78 is 4.82. The Labute approximate surface area is 126 Å². The number of ether oxygens (including phenoxy) is 1. The molecule has 6 heteroatoms. The van der Waals surface area contributed by atoms with Crippen molar-refractivity contribution in [2.24, 2.45) is 0 Å². The first kappa shape index (κ1) is 14.8. The minimum Gasteiger partial charge on any atom is -0.448 e. The summed E-state index contributed by atoms with van der Waals surface area (Å²) in [4.78, 5) is 15.8. The van der Waals surface area contributed by atoms with E-state index in [0.29, 0.717) is 12.4 Å². The van der Waals surface area contributed by atoms with Crippen LogP contribution in [0.25, 0.3) is 10.6 Å². The number of aryl methyl sites for hydroxylation is 1. The van der Waals surface area contributed by atoms with Crippen LogP contribution in [0.15, 0.2) is 29.6 Å². The molecule has 2 aromatic rings. The molecule has 1 heterocycles. The fraction of sp³-hybridized carbons (Fsp3) is 0.286. The number of benzene rings is 1. The number of nitrogens with zero attached hydrogens (tertiary/aromatic N) is 1. The summed E-state index contributed by atoms with van der Waals surface area (Å²) in [7, 11) is 0. The number of aromatic nitrogens is 1. The first-order valence-corrected chi connectivity index (χ1v) is 7.59. The lowest BCUT2D eigenvalue weighted by molar-refractivity contribution is 0.152. The van der Waals surface area contributed by atoms with Crippen LogP contribution in [-0.2, 0) is 11.3 Å². The number of halogens is 1. The van der Waals surface area contributed by atoms with Crippen molar-refractivity contribution < 1.29 is 9.53 Å². The molecule has 0 aliphatic carbocycles. The van der Waals surface area contributed by atoms with E-state index in [-0.39, 0.29) is 6.61 Å². The van der Waals surface area contributed by atoms with Crippen molar-refractivity contribution in [1.29, 1.82) is 0 Å². The molecule has 0 aliphatic heterocycles. The molecule has 2 rings (SSSR count). The molecule has 0 aliphatic rings. The van der Waals surface area contributed by atoms with Crippen LogP contribution in [0.3, 0.4) is 0 Å². The maximum absolute atomic E-state index is 11.3. The van der Waals surface area contributed by atoms with Crippen molar-refractivity contribution in [3.05, 3.63) is 40.9 Å². The van der Waals surface area contributed by atoms with Gasteiger partial charge in [0.15, 0.2) is 0 Å². The molecule has 1 aromatic carbocycles. The van der Waals surface area contributed by atoms with Crippen LogP contribution in [0, 0.1) is 6.92 Å². The van der Waals surface area contributed by atoms with Gasteiger partial charge in [-0.2, -0.15) is 0 Å². The average molecular weight is 311 g/mol. The molecule has 0 atom stereocenters. The van der Waals surface area contributed by atoms with E-state index in [1.54, 1.807) is 11.3 Å². The molecule has 1 N–H and O–H groups in total. The fourth-order valence-electron chi connectivity index (χ4n) is 1.67. The maximum atomic E-state index is 11.3. The van der Waals surface area contributed by atoms with Gasteiger partial charge >= 0.3 is 6.09 Å². The van der Waals surface area contributed by atoms with Crippen molar-refractivity contribution >= 4 is 29.0 Å². The van der Waals surface area contributed by atoms with Crippen LogP contribution in [0.2, 0.25) is 0 Å². The first-order chi connectivity index (χ1) is 9.70. The van der Waals surface area contributed by atoms with Gasteiger partial charge in [0.25, 0.3) is 0 Å². The first-order valence-electron chi connectivity index (χ1n) is 6.17. The third-order valence-corrected chi connectivity index (χ3v) is 3.73. The van der Waals surface area contributed by atoms with Gasteiger partial charge in [-0.15, -0.1) is 22.9 Å². The third-order valence-electron chi connectivity index (χ3n) is 2.65. The van der Waals surface area contributed by atoms with E-state index in [9.17, 15) is 4.79 Å². The van der Waals surface area contributed by atoms with E-state index in [1.165, 1.54) is 5.56 Å². The Hall–Kier alpha value is -1.59. The summed E-state index contributed by atoms with van der Waals surface area (Å²) in [5.41, 5.74) is 3.12. The average Bonchev–Trinajstić information content (AvgIpc) is 2.92. The van der Waals surface area contributed by atoms with Gasteiger partial charge in [-0.3, -0.25) is 0 Å². The van der Waals surface area contributed by atoms with Gasteiger partial charge in [0.05, 0.1) is 18.1 Å². The molecule has 20 heavy (non-hydrogen) atoms. The lowest BCUT2D eigenvalue weighted by atomic mass is 10.1. The molecule has 0 unspecified atom stereocenters. The monoisotopic (exact) mass is 310 g/mol. The molecule has 0 spiro atoms. The molecular weight excluding hydrogens is 296 g/mol. The van der Waals surface area contributed by atoms with Gasteiger partial charge in [0.2, 0.25) is 0 Å². The molecule has 0 radical (unpaired) electrons. The van der Waals surface area contributed by atoms with E-state index < -0.39 is 6.09 Å². The Morgan fingerprint density at radius 1 is 1.45 bits per heavy atom. The largest absolute Gasteiger partial charge is 0.448 e. The van der Waals surface area contributed by atoms with Crippen LogP contribution in [0.5, 0.6) is 0 Å². The van der Waals surface area contributed by atoms with Crippen LogP contribution < -0.4 is 5.32 Å². The number of thiazole rings is 1. The number of rotatable bonds is 5. The molecule has 0 fully saturated rings. The Bertz CT molecular complexity index is 586. The van der Waals surface area contributed by atoms with Gasteiger partial charge in [0.1, 0.15) is 11.6 Å². The summed E-state index contributed by atoms with van der Waals surface area (Å²) in [6.07, 6.45) is -0.476. The summed E-state index contributed by atoms with van der Waals surface area (Å²) in [5, 5.41) is 5.52. The van der Waals surface area contributed by atoms with E-state index in [4.69, 9.17) is 16.3 Å². The van der Waals surface area contributed by atoms with Gasteiger partial charge in [-0.1, -0.05) is 24.3 Å². The minimum absolute atomic E-state index is 0.207. The molecule has 0 saturated carbocycles. The van der Waals surface area contributed by atoms with Gasteiger partial charge < -0.3 is 10.1 Å². The second-order valence-electron chi connectivity index (χ2n) is 4.14. The van der Waals surface area contributed by atoms with Crippen molar-refractivity contribution in [2.75, 3.05) is 12.5 Å². The SMILES string of the molecule is Cc1ccccc1-c1nc(CNC(=O)OCCCl)cs1. The second-order valence-corrected chi connectivity index (χ2v) is 5.37. The normalized spacial score (nSPS) is 10.3. The predicted molar refractivity (Wildman–Crippen MR) is 81.2 cm³/mol. The molecule has 0 bridgehead atoms. The Morgan fingerprint density at radius 3 is 3.00 bits per heavy atom. The minimum atomic E-state index is -0.476. The highest BCUT2D eigenvalue weighted by atomic mass is 35.5. The molecule has 4 nitrogen and oxygen atoms in total. The summed E-state index contributed by atoms with van der Waals surface area (Å²) >= 11 is 7.00. The summed E-state index contributed by atoms with van der Waals surface area (Å²) in [6, 6.07) is 8.09. The van der Waals surface area contributed by atoms with Crippen molar-refractivity contribution in [1.82, 2.24) is 10.3 Å². The zero-order valence-electron chi connectivity index (χ0n) is 11.1. The third kappa shape index (κ3) is 3.95. The van der Waals surface area contributed by atoms with Crippen LogP contribution >= 0.6 is 22.9 Å². The summed E-state index contributed by atoms with van der Waals surface area (Å²) in [6.45, 7) is 2.61. The highest BCUT2D eigenvalue weighted by Gasteiger charge is 2.08. The Kier molecular flexibility index (Phi) is 5.38. The Balaban J connectivity index is 1.96. The van der Waals surface area contributed by atoms with Gasteiger partial charge in [0, 0.05) is 10.9 Å². The zero-order chi connectivity index (χ0) is 14.4. The Morgan fingerprint density at radius 2 is 2.25 bits per heavy atom. The van der Waals surface area contributed by atoms with Crippen LogP contribution in [0.4, 0.5) is 4.79 Å². The number of hydrogen-bond donors (Lipinski definition) is 1. The van der Waals surface area contributed by atoms with Crippen molar-refractivity contribution in [2.45, 2.75) is 13.5 Å². The van der Waals surface area contributed by atoms with E-state index in [2.05, 4.69) is 23.3 Å². The lowest BCUT2D eigenvalue weighted by Gasteiger charge is -2.03. The number of hydrogen-bond acceptors (Lipinski definition) is 4. The van der Waals surface area contributed by atoms with E-state index >= 15 is 0 Å². The number of amides is 1. The molecule has 1 aromatic heterocycles. The summed E-state index contributed by atoms with van der Waals surface area (Å²) in [5.74, 6) is 0.293. The second kappa shape index (κ2) is 7.26. The van der Waals surface area contributed by atoms with Crippen molar-refractivity contribution in [3.8, 4) is 10.6 Å². The standard InChI is InChI=1S/C14H15ClN2O2S/c1-10-4-2-3-5-12(10)13-17-11(9-20-13)8-16-14(18)19-7-6-15/h2-5,9H,6-8H2,1H3,(H,16,18). The predicted octanol–water partition coefficient (Wildman–Crippen LogP) is 3.58. The fourth-order valence-corrected chi connectivity index (χ4v) is 2.66. The highest BCUT2D eigenvalue weighted by molar-refractivity contribution is 7.13. The number of carbonyl (C=O) groups excluding carboxylic acids is 1. The maximum Gasteiger partial charge on any atom is 0.407 e. The van der Waals surface area contributed by atoms with Crippen molar-refractivity contribution in [3.63, 3.8) is 0 Å². The number of alkyl halides is 1. The zero-order valence-corrected chi connectivity index (χ0v) is 12.6. The molecule has 0 saturated heterocycles.